The molecule has 26 heavy (non-hydrogen) atoms. The second kappa shape index (κ2) is 15.4. The molecule has 2 N–H and O–H groups in total. The first-order chi connectivity index (χ1) is 12.3. The second-order valence-corrected chi connectivity index (χ2v) is 7.38. The molecule has 4 nitrogen and oxygen atoms in total. The Labute approximate surface area is 158 Å². The zero-order valence-corrected chi connectivity index (χ0v) is 16.6. The molecule has 1 atom stereocenters. The molecular weight excluding hydrogens is 328 g/mol. The van der Waals surface area contributed by atoms with Gasteiger partial charge in [-0.05, 0) is 24.3 Å². The van der Waals surface area contributed by atoms with Gasteiger partial charge in [0.2, 0.25) is 0 Å². The molecule has 0 aliphatic carbocycles. The Hall–Kier alpha value is -1.84. The van der Waals surface area contributed by atoms with Gasteiger partial charge >= 0.3 is 11.9 Å². The summed E-state index contributed by atoms with van der Waals surface area (Å²) < 4.78 is 0. The zero-order valence-electron chi connectivity index (χ0n) is 16.6. The molecule has 0 saturated carbocycles. The van der Waals surface area contributed by atoms with Crippen LogP contribution in [0.15, 0.2) is 30.3 Å². The average molecular weight is 365 g/mol. The molecule has 1 rings (SSSR count). The lowest BCUT2D eigenvalue weighted by molar-refractivity contribution is -0.141. The van der Waals surface area contributed by atoms with Gasteiger partial charge in [-0.3, -0.25) is 9.59 Å². The van der Waals surface area contributed by atoms with Gasteiger partial charge in [-0.1, -0.05) is 89.6 Å². The Morgan fingerprint density at radius 3 is 1.88 bits per heavy atom. The minimum Gasteiger partial charge on any atom is -0.481 e. The van der Waals surface area contributed by atoms with Gasteiger partial charge < -0.3 is 10.2 Å². The van der Waals surface area contributed by atoms with E-state index in [0.717, 1.165) is 24.3 Å². The molecule has 0 radical (unpaired) electrons. The van der Waals surface area contributed by atoms with E-state index in [2.05, 4.69) is 13.8 Å². The Balaban J connectivity index is 0.000000485. The van der Waals surface area contributed by atoms with E-state index >= 15 is 0 Å². The molecule has 1 unspecified atom stereocenters. The van der Waals surface area contributed by atoms with Crippen LogP contribution in [-0.4, -0.2) is 22.2 Å². The number of carboxylic acids is 2. The van der Waals surface area contributed by atoms with Crippen molar-refractivity contribution < 1.29 is 19.8 Å². The smallest absolute Gasteiger partial charge is 0.306 e. The van der Waals surface area contributed by atoms with E-state index in [-0.39, 0.29) is 5.92 Å². The number of carboxylic acid groups (broad SMARTS) is 2. The number of unbranched alkanes of at least 4 members (excludes halogenated alkanes) is 5. The molecule has 1 aromatic carbocycles. The highest BCUT2D eigenvalue weighted by atomic mass is 16.4. The van der Waals surface area contributed by atoms with Crippen molar-refractivity contribution in [2.24, 2.45) is 11.8 Å². The quantitative estimate of drug-likeness (QED) is 0.460. The summed E-state index contributed by atoms with van der Waals surface area (Å²) in [4.78, 5) is 20.7. The fourth-order valence-corrected chi connectivity index (χ4v) is 2.59. The Kier molecular flexibility index (Phi) is 14.3. The first-order valence-corrected chi connectivity index (χ1v) is 9.81. The van der Waals surface area contributed by atoms with E-state index in [1.54, 1.807) is 6.92 Å². The van der Waals surface area contributed by atoms with Gasteiger partial charge in [0.05, 0.1) is 5.92 Å². The first-order valence-electron chi connectivity index (χ1n) is 9.81. The lowest BCUT2D eigenvalue weighted by Crippen LogP contribution is -2.11. The first kappa shape index (κ1) is 24.2. The van der Waals surface area contributed by atoms with Gasteiger partial charge in [0.1, 0.15) is 0 Å². The third-order valence-electron chi connectivity index (χ3n) is 4.23. The van der Waals surface area contributed by atoms with Gasteiger partial charge in [-0.2, -0.15) is 0 Å². The Morgan fingerprint density at radius 1 is 0.846 bits per heavy atom. The molecule has 0 spiro atoms. The summed E-state index contributed by atoms with van der Waals surface area (Å²) in [5, 5.41) is 17.1. The Morgan fingerprint density at radius 2 is 1.38 bits per heavy atom. The molecule has 0 aromatic heterocycles. The topological polar surface area (TPSA) is 74.6 Å². The zero-order chi connectivity index (χ0) is 19.8. The molecule has 0 amide bonds. The van der Waals surface area contributed by atoms with E-state index in [1.165, 1.54) is 32.1 Å². The molecule has 0 saturated heterocycles. The number of carbonyl (C=O) groups is 2. The summed E-state index contributed by atoms with van der Waals surface area (Å²) in [6.45, 7) is 6.23. The molecule has 0 bridgehead atoms. The second-order valence-electron chi connectivity index (χ2n) is 7.38. The highest BCUT2D eigenvalue weighted by Crippen LogP contribution is 2.11. The van der Waals surface area contributed by atoms with Crippen LogP contribution in [0, 0.1) is 11.8 Å². The van der Waals surface area contributed by atoms with Crippen LogP contribution in [-0.2, 0) is 16.0 Å². The van der Waals surface area contributed by atoms with Gasteiger partial charge in [-0.15, -0.1) is 0 Å². The monoisotopic (exact) mass is 364 g/mol. The number of rotatable bonds is 12. The maximum absolute atomic E-state index is 10.5. The average Bonchev–Trinajstić information content (AvgIpc) is 2.58. The van der Waals surface area contributed by atoms with Crippen molar-refractivity contribution in [3.05, 3.63) is 35.9 Å². The largest absolute Gasteiger partial charge is 0.481 e. The summed E-state index contributed by atoms with van der Waals surface area (Å²) in [6, 6.07) is 9.65. The van der Waals surface area contributed by atoms with Crippen molar-refractivity contribution in [2.45, 2.75) is 78.6 Å². The molecular formula is C22H36O4. The summed E-state index contributed by atoms with van der Waals surface area (Å²) in [6.07, 6.45) is 9.31. The SMILES string of the molecule is CC(C)CCCCCCCCC(=O)O.CC(Cc1ccccc1)C(=O)O. The maximum Gasteiger partial charge on any atom is 0.306 e. The number of aliphatic carboxylic acids is 2. The molecule has 148 valence electrons. The normalized spacial score (nSPS) is 11.5. The standard InChI is InChI=1S/C12H24O2.C10H12O2/c1-11(2)9-7-5-3-4-6-8-10-12(13)14;1-8(10(11)12)7-9-5-3-2-4-6-9/h11H,3-10H2,1-2H3,(H,13,14);2-6,8H,7H2,1H3,(H,11,12). The van der Waals surface area contributed by atoms with Gasteiger partial charge in [0.25, 0.3) is 0 Å². The summed E-state index contributed by atoms with van der Waals surface area (Å²) in [5.74, 6) is -0.877. The van der Waals surface area contributed by atoms with Gasteiger partial charge in [0, 0.05) is 6.42 Å². The third-order valence-corrected chi connectivity index (χ3v) is 4.23. The third kappa shape index (κ3) is 15.7. The van der Waals surface area contributed by atoms with Crippen LogP contribution in [0.4, 0.5) is 0 Å². The molecule has 4 heteroatoms. The molecule has 0 aliphatic rings. The van der Waals surface area contributed by atoms with Crippen molar-refractivity contribution in [3.63, 3.8) is 0 Å². The lowest BCUT2D eigenvalue weighted by Gasteiger charge is -2.04. The molecule has 1 aromatic rings. The van der Waals surface area contributed by atoms with E-state index < -0.39 is 11.9 Å². The van der Waals surface area contributed by atoms with Crippen molar-refractivity contribution in [1.82, 2.24) is 0 Å². The lowest BCUT2D eigenvalue weighted by atomic mass is 10.0. The van der Waals surface area contributed by atoms with Crippen LogP contribution < -0.4 is 0 Å². The van der Waals surface area contributed by atoms with Crippen molar-refractivity contribution in [2.75, 3.05) is 0 Å². The minimum atomic E-state index is -0.737. The molecule has 0 aliphatic heterocycles. The van der Waals surface area contributed by atoms with E-state index in [4.69, 9.17) is 10.2 Å². The van der Waals surface area contributed by atoms with E-state index in [1.807, 2.05) is 30.3 Å². The summed E-state index contributed by atoms with van der Waals surface area (Å²) in [7, 11) is 0. The summed E-state index contributed by atoms with van der Waals surface area (Å²) >= 11 is 0. The van der Waals surface area contributed by atoms with E-state index in [9.17, 15) is 9.59 Å². The number of hydrogen-bond donors (Lipinski definition) is 2. The number of hydrogen-bond acceptors (Lipinski definition) is 2. The van der Waals surface area contributed by atoms with Crippen molar-refractivity contribution in [1.29, 1.82) is 0 Å². The van der Waals surface area contributed by atoms with Crippen LogP contribution in [0.3, 0.4) is 0 Å². The van der Waals surface area contributed by atoms with Crippen LogP contribution in [0.25, 0.3) is 0 Å². The van der Waals surface area contributed by atoms with Gasteiger partial charge in [0.15, 0.2) is 0 Å². The molecule has 0 fully saturated rings. The maximum atomic E-state index is 10.5. The predicted octanol–water partition coefficient (Wildman–Crippen LogP) is 5.80. The molecule has 0 heterocycles. The van der Waals surface area contributed by atoms with Crippen molar-refractivity contribution >= 4 is 11.9 Å². The fraction of sp³-hybridized carbons (Fsp3) is 0.636. The predicted molar refractivity (Wildman–Crippen MR) is 106 cm³/mol. The highest BCUT2D eigenvalue weighted by molar-refractivity contribution is 5.69. The van der Waals surface area contributed by atoms with Crippen LogP contribution in [0.5, 0.6) is 0 Å². The minimum absolute atomic E-state index is 0.299. The Bertz CT molecular complexity index is 482. The highest BCUT2D eigenvalue weighted by Gasteiger charge is 2.10. The van der Waals surface area contributed by atoms with Gasteiger partial charge in [-0.25, -0.2) is 0 Å². The fourth-order valence-electron chi connectivity index (χ4n) is 2.59. The summed E-state index contributed by atoms with van der Waals surface area (Å²) in [5.41, 5.74) is 1.08. The van der Waals surface area contributed by atoms with Crippen molar-refractivity contribution in [3.8, 4) is 0 Å². The van der Waals surface area contributed by atoms with E-state index in [0.29, 0.717) is 12.8 Å². The number of benzene rings is 1. The van der Waals surface area contributed by atoms with Crippen LogP contribution in [0.1, 0.15) is 77.7 Å². The van der Waals surface area contributed by atoms with Crippen LogP contribution in [0.2, 0.25) is 0 Å². The van der Waals surface area contributed by atoms with Crippen LogP contribution >= 0.6 is 0 Å².